The first kappa shape index (κ1) is 16.0. The molecule has 6 heteroatoms. The summed E-state index contributed by atoms with van der Waals surface area (Å²) in [5.41, 5.74) is 0.955. The van der Waals surface area contributed by atoms with E-state index in [0.717, 1.165) is 11.6 Å². The Morgan fingerprint density at radius 2 is 1.91 bits per heavy atom. The van der Waals surface area contributed by atoms with Gasteiger partial charge in [-0.05, 0) is 41.8 Å². The molecule has 0 spiro atoms. The van der Waals surface area contributed by atoms with Crippen LogP contribution in [0.1, 0.15) is 29.2 Å². The van der Waals surface area contributed by atoms with E-state index in [1.54, 1.807) is 18.5 Å². The molecule has 1 aliphatic rings. The third-order valence-corrected chi connectivity index (χ3v) is 4.12. The minimum atomic E-state index is -4.36. The van der Waals surface area contributed by atoms with Gasteiger partial charge in [0.1, 0.15) is 0 Å². The van der Waals surface area contributed by atoms with Crippen molar-refractivity contribution in [2.75, 3.05) is 6.54 Å². The van der Waals surface area contributed by atoms with Gasteiger partial charge in [-0.1, -0.05) is 12.1 Å². The van der Waals surface area contributed by atoms with Gasteiger partial charge >= 0.3 is 6.18 Å². The number of alkyl halides is 3. The Hall–Kier alpha value is -1.92. The normalized spacial score (nSPS) is 22.4. The molecule has 0 bridgehead atoms. The average molecular weight is 322 g/mol. The number of pyridine rings is 1. The number of aromatic nitrogens is 1. The van der Waals surface area contributed by atoms with Crippen molar-refractivity contribution in [2.24, 2.45) is 0 Å². The molecule has 1 aromatic carbocycles. The van der Waals surface area contributed by atoms with E-state index in [0.29, 0.717) is 25.1 Å². The molecular formula is C17H17F3N2O. The lowest BCUT2D eigenvalue weighted by molar-refractivity contribution is -0.137. The fourth-order valence-corrected chi connectivity index (χ4v) is 3.05. The van der Waals surface area contributed by atoms with E-state index in [-0.39, 0.29) is 6.04 Å². The molecule has 0 radical (unpaired) electrons. The van der Waals surface area contributed by atoms with E-state index in [1.165, 1.54) is 12.1 Å². The largest absolute Gasteiger partial charge is 0.416 e. The quantitative estimate of drug-likeness (QED) is 0.941. The van der Waals surface area contributed by atoms with E-state index in [2.05, 4.69) is 4.98 Å². The van der Waals surface area contributed by atoms with Gasteiger partial charge in [0.05, 0.1) is 11.7 Å². The molecule has 1 N–H and O–H groups in total. The molecule has 1 fully saturated rings. The Kier molecular flexibility index (Phi) is 4.37. The van der Waals surface area contributed by atoms with Crippen molar-refractivity contribution in [2.45, 2.75) is 31.3 Å². The highest BCUT2D eigenvalue weighted by molar-refractivity contribution is 5.29. The second kappa shape index (κ2) is 6.29. The number of benzene rings is 1. The van der Waals surface area contributed by atoms with Crippen LogP contribution < -0.4 is 0 Å². The molecule has 1 aliphatic heterocycles. The minimum Gasteiger partial charge on any atom is -0.392 e. The minimum absolute atomic E-state index is 0.222. The van der Waals surface area contributed by atoms with Crippen LogP contribution in [0.15, 0.2) is 48.8 Å². The summed E-state index contributed by atoms with van der Waals surface area (Å²) in [6, 6.07) is 8.89. The lowest BCUT2D eigenvalue weighted by Gasteiger charge is -2.25. The summed E-state index contributed by atoms with van der Waals surface area (Å²) in [4.78, 5) is 5.97. The average Bonchev–Trinajstić information content (AvgIpc) is 2.88. The van der Waals surface area contributed by atoms with Crippen LogP contribution in [0.5, 0.6) is 0 Å². The predicted molar refractivity (Wildman–Crippen MR) is 79.5 cm³/mol. The molecule has 23 heavy (non-hydrogen) atoms. The summed E-state index contributed by atoms with van der Waals surface area (Å²) in [5.74, 6) is 0. The van der Waals surface area contributed by atoms with Gasteiger partial charge in [0, 0.05) is 31.5 Å². The van der Waals surface area contributed by atoms with Gasteiger partial charge < -0.3 is 5.11 Å². The lowest BCUT2D eigenvalue weighted by atomic mass is 10.0. The van der Waals surface area contributed by atoms with E-state index < -0.39 is 17.8 Å². The van der Waals surface area contributed by atoms with Crippen LogP contribution in [-0.4, -0.2) is 27.6 Å². The van der Waals surface area contributed by atoms with Crippen molar-refractivity contribution < 1.29 is 18.3 Å². The summed E-state index contributed by atoms with van der Waals surface area (Å²) < 4.78 is 38.7. The van der Waals surface area contributed by atoms with Crippen LogP contribution >= 0.6 is 0 Å². The Labute approximate surface area is 132 Å². The number of β-amino-alcohol motifs (C(OH)–C–C–N with tert-alkyl or cyclic N) is 1. The molecule has 3 rings (SSSR count). The van der Waals surface area contributed by atoms with Gasteiger partial charge in [0.2, 0.25) is 0 Å². The molecule has 2 atom stereocenters. The topological polar surface area (TPSA) is 36.4 Å². The molecular weight excluding hydrogens is 305 g/mol. The molecule has 2 aromatic rings. The highest BCUT2D eigenvalue weighted by atomic mass is 19.4. The Morgan fingerprint density at radius 1 is 1.17 bits per heavy atom. The molecule has 0 saturated carbocycles. The number of nitrogens with zero attached hydrogens (tertiary/aromatic N) is 2. The van der Waals surface area contributed by atoms with Crippen molar-refractivity contribution in [3.63, 3.8) is 0 Å². The summed E-state index contributed by atoms with van der Waals surface area (Å²) in [7, 11) is 0. The zero-order valence-electron chi connectivity index (χ0n) is 12.4. The zero-order chi connectivity index (χ0) is 16.4. The Morgan fingerprint density at radius 3 is 2.61 bits per heavy atom. The van der Waals surface area contributed by atoms with Gasteiger partial charge in [-0.3, -0.25) is 9.88 Å². The molecule has 2 heterocycles. The first-order valence-electron chi connectivity index (χ1n) is 7.41. The number of halogens is 3. The van der Waals surface area contributed by atoms with Crippen LogP contribution in [0.4, 0.5) is 13.2 Å². The van der Waals surface area contributed by atoms with E-state index >= 15 is 0 Å². The van der Waals surface area contributed by atoms with Crippen molar-refractivity contribution in [1.82, 2.24) is 9.88 Å². The second-order valence-corrected chi connectivity index (χ2v) is 5.81. The second-order valence-electron chi connectivity index (χ2n) is 5.81. The maximum absolute atomic E-state index is 12.9. The number of aliphatic hydroxyl groups excluding tert-OH is 1. The van der Waals surface area contributed by atoms with E-state index in [4.69, 9.17) is 0 Å². The molecule has 2 unspecified atom stereocenters. The third-order valence-electron chi connectivity index (χ3n) is 4.12. The van der Waals surface area contributed by atoms with Crippen LogP contribution in [0, 0.1) is 0 Å². The highest BCUT2D eigenvalue weighted by Crippen LogP contribution is 2.36. The SMILES string of the molecule is OC1CC(c2cccc(C(F)(F)F)c2)N(Cc2ccncc2)C1. The van der Waals surface area contributed by atoms with Gasteiger partial charge in [-0.2, -0.15) is 13.2 Å². The maximum Gasteiger partial charge on any atom is 0.416 e. The molecule has 1 aromatic heterocycles. The smallest absolute Gasteiger partial charge is 0.392 e. The van der Waals surface area contributed by atoms with Crippen LogP contribution in [0.3, 0.4) is 0 Å². The summed E-state index contributed by atoms with van der Waals surface area (Å²) in [6.07, 6.45) is -1.09. The standard InChI is InChI=1S/C17H17F3N2O/c18-17(19,20)14-3-1-2-13(8-14)16-9-15(23)11-22(16)10-12-4-6-21-7-5-12/h1-8,15-16,23H,9-11H2. The van der Waals surface area contributed by atoms with Crippen molar-refractivity contribution in [1.29, 1.82) is 0 Å². The highest BCUT2D eigenvalue weighted by Gasteiger charge is 2.35. The van der Waals surface area contributed by atoms with Crippen molar-refractivity contribution in [3.05, 3.63) is 65.5 Å². The first-order chi connectivity index (χ1) is 10.9. The Balaban J connectivity index is 1.85. The first-order valence-corrected chi connectivity index (χ1v) is 7.41. The van der Waals surface area contributed by atoms with E-state index in [1.807, 2.05) is 17.0 Å². The Bertz CT molecular complexity index is 660. The number of hydrogen-bond acceptors (Lipinski definition) is 3. The molecule has 1 saturated heterocycles. The van der Waals surface area contributed by atoms with Crippen LogP contribution in [0.25, 0.3) is 0 Å². The van der Waals surface area contributed by atoms with E-state index in [9.17, 15) is 18.3 Å². The van der Waals surface area contributed by atoms with Crippen molar-refractivity contribution in [3.8, 4) is 0 Å². The monoisotopic (exact) mass is 322 g/mol. The molecule has 0 amide bonds. The predicted octanol–water partition coefficient (Wildman–Crippen LogP) is 3.41. The van der Waals surface area contributed by atoms with Crippen molar-refractivity contribution >= 4 is 0 Å². The number of likely N-dealkylation sites (tertiary alicyclic amines) is 1. The third kappa shape index (κ3) is 3.71. The summed E-state index contributed by atoms with van der Waals surface area (Å²) in [5, 5.41) is 9.96. The lowest BCUT2D eigenvalue weighted by Crippen LogP contribution is -2.24. The van der Waals surface area contributed by atoms with Gasteiger partial charge in [0.25, 0.3) is 0 Å². The molecule has 3 nitrogen and oxygen atoms in total. The summed E-state index contributed by atoms with van der Waals surface area (Å²) >= 11 is 0. The number of rotatable bonds is 3. The molecule has 122 valence electrons. The van der Waals surface area contributed by atoms with Gasteiger partial charge in [-0.25, -0.2) is 0 Å². The summed E-state index contributed by atoms with van der Waals surface area (Å²) in [6.45, 7) is 1.02. The van der Waals surface area contributed by atoms with Crippen LogP contribution in [0.2, 0.25) is 0 Å². The van der Waals surface area contributed by atoms with Gasteiger partial charge in [-0.15, -0.1) is 0 Å². The van der Waals surface area contributed by atoms with Crippen LogP contribution in [-0.2, 0) is 12.7 Å². The number of aliphatic hydroxyl groups is 1. The fraction of sp³-hybridized carbons (Fsp3) is 0.353. The maximum atomic E-state index is 12.9. The van der Waals surface area contributed by atoms with Gasteiger partial charge in [0.15, 0.2) is 0 Å². The zero-order valence-corrected chi connectivity index (χ0v) is 12.4. The number of hydrogen-bond donors (Lipinski definition) is 1. The molecule has 0 aliphatic carbocycles. The fourth-order valence-electron chi connectivity index (χ4n) is 3.05.